The molecule has 4 nitrogen and oxygen atoms in total. The monoisotopic (exact) mass is 576 g/mol. The normalized spacial score (nSPS) is 13.6. The summed E-state index contributed by atoms with van der Waals surface area (Å²) in [6, 6.07) is -0.635. The summed E-state index contributed by atoms with van der Waals surface area (Å²) in [6.45, 7) is 4.21. The molecule has 2 unspecified atom stereocenters. The van der Waals surface area contributed by atoms with Gasteiger partial charge in [-0.05, 0) is 51.4 Å². The minimum Gasteiger partial charge on any atom is -0.394 e. The Morgan fingerprint density at radius 1 is 0.561 bits per heavy atom. The molecule has 0 aliphatic carbocycles. The Kier molecular flexibility index (Phi) is 32.0. The second kappa shape index (κ2) is 33.1. The summed E-state index contributed by atoms with van der Waals surface area (Å²) in [5.41, 5.74) is 0. The van der Waals surface area contributed by atoms with E-state index >= 15 is 0 Å². The summed E-state index contributed by atoms with van der Waals surface area (Å²) in [5.74, 6) is -0.0813. The second-order valence-corrected chi connectivity index (χ2v) is 11.9. The van der Waals surface area contributed by atoms with Crippen LogP contribution >= 0.6 is 0 Å². The maximum atomic E-state index is 12.2. The molecule has 1 amide bonds. The molecule has 41 heavy (non-hydrogen) atoms. The third-order valence-electron chi connectivity index (χ3n) is 7.85. The van der Waals surface area contributed by atoms with Crippen LogP contribution in [0.2, 0.25) is 0 Å². The van der Waals surface area contributed by atoms with Gasteiger partial charge in [0, 0.05) is 6.42 Å². The van der Waals surface area contributed by atoms with Crippen molar-refractivity contribution in [2.45, 2.75) is 187 Å². The number of nitrogens with one attached hydrogen (secondary N) is 1. The van der Waals surface area contributed by atoms with Gasteiger partial charge in [-0.1, -0.05) is 153 Å². The van der Waals surface area contributed by atoms with Gasteiger partial charge in [0.15, 0.2) is 0 Å². The lowest BCUT2D eigenvalue weighted by molar-refractivity contribution is -0.123. The van der Waals surface area contributed by atoms with E-state index in [0.29, 0.717) is 6.42 Å². The number of hydrogen-bond acceptors (Lipinski definition) is 3. The molecule has 0 saturated heterocycles. The largest absolute Gasteiger partial charge is 0.394 e. The highest BCUT2D eigenvalue weighted by Gasteiger charge is 2.17. The van der Waals surface area contributed by atoms with Crippen LogP contribution in [0, 0.1) is 0 Å². The van der Waals surface area contributed by atoms with Crippen molar-refractivity contribution in [2.75, 3.05) is 6.61 Å². The van der Waals surface area contributed by atoms with Crippen LogP contribution in [0.25, 0.3) is 0 Å². The van der Waals surface area contributed by atoms with Crippen LogP contribution in [0.5, 0.6) is 0 Å². The highest BCUT2D eigenvalue weighted by atomic mass is 16.3. The number of aliphatic hydroxyl groups excluding tert-OH is 2. The fourth-order valence-corrected chi connectivity index (χ4v) is 5.05. The van der Waals surface area contributed by atoms with Crippen LogP contribution in [0.4, 0.5) is 0 Å². The van der Waals surface area contributed by atoms with Crippen molar-refractivity contribution < 1.29 is 15.0 Å². The molecule has 2 atom stereocenters. The van der Waals surface area contributed by atoms with E-state index < -0.39 is 12.1 Å². The fraction of sp³-hybridized carbons (Fsp3) is 0.811. The molecule has 0 aromatic heterocycles. The van der Waals surface area contributed by atoms with E-state index in [1.807, 2.05) is 6.08 Å². The van der Waals surface area contributed by atoms with Gasteiger partial charge < -0.3 is 15.5 Å². The average Bonchev–Trinajstić information content (AvgIpc) is 2.97. The first kappa shape index (κ1) is 39.6. The topological polar surface area (TPSA) is 69.6 Å². The van der Waals surface area contributed by atoms with Gasteiger partial charge >= 0.3 is 0 Å². The predicted octanol–water partition coefficient (Wildman–Crippen LogP) is 10.3. The molecule has 240 valence electrons. The summed E-state index contributed by atoms with van der Waals surface area (Å²) < 4.78 is 0. The number of rotatable bonds is 31. The number of amides is 1. The third kappa shape index (κ3) is 29.9. The number of carbonyl (C=O) groups excluding carboxylic acids is 1. The Morgan fingerprint density at radius 3 is 1.49 bits per heavy atom. The predicted molar refractivity (Wildman–Crippen MR) is 179 cm³/mol. The van der Waals surface area contributed by atoms with E-state index in [4.69, 9.17) is 0 Å². The Bertz CT molecular complexity index is 628. The van der Waals surface area contributed by atoms with Crippen molar-refractivity contribution in [2.24, 2.45) is 0 Å². The molecular formula is C37H69NO3. The molecule has 0 fully saturated rings. The van der Waals surface area contributed by atoms with Crippen molar-refractivity contribution in [3.05, 3.63) is 36.5 Å². The summed E-state index contributed by atoms with van der Waals surface area (Å²) in [4.78, 5) is 12.2. The lowest BCUT2D eigenvalue weighted by Crippen LogP contribution is -2.45. The highest BCUT2D eigenvalue weighted by Crippen LogP contribution is 2.13. The van der Waals surface area contributed by atoms with Gasteiger partial charge in [0.2, 0.25) is 5.91 Å². The van der Waals surface area contributed by atoms with Crippen LogP contribution < -0.4 is 5.32 Å². The summed E-state index contributed by atoms with van der Waals surface area (Å²) >= 11 is 0. The van der Waals surface area contributed by atoms with E-state index in [9.17, 15) is 15.0 Å². The second-order valence-electron chi connectivity index (χ2n) is 11.9. The Balaban J connectivity index is 3.56. The van der Waals surface area contributed by atoms with Crippen molar-refractivity contribution in [3.8, 4) is 0 Å². The molecule has 0 aliphatic rings. The van der Waals surface area contributed by atoms with Crippen molar-refractivity contribution >= 4 is 5.91 Å². The van der Waals surface area contributed by atoms with Crippen LogP contribution in [0.3, 0.4) is 0 Å². The van der Waals surface area contributed by atoms with Crippen molar-refractivity contribution in [3.63, 3.8) is 0 Å². The number of aliphatic hydroxyl groups is 2. The van der Waals surface area contributed by atoms with Crippen LogP contribution in [0.15, 0.2) is 36.5 Å². The molecule has 0 radical (unpaired) electrons. The third-order valence-corrected chi connectivity index (χ3v) is 7.85. The van der Waals surface area contributed by atoms with Crippen LogP contribution in [-0.2, 0) is 4.79 Å². The molecule has 0 aromatic rings. The molecular weight excluding hydrogens is 506 g/mol. The van der Waals surface area contributed by atoms with Gasteiger partial charge in [-0.25, -0.2) is 0 Å². The van der Waals surface area contributed by atoms with E-state index in [1.165, 1.54) is 122 Å². The zero-order valence-corrected chi connectivity index (χ0v) is 27.3. The lowest BCUT2D eigenvalue weighted by Gasteiger charge is -2.19. The molecule has 0 saturated carbocycles. The molecule has 3 N–H and O–H groups in total. The first-order valence-corrected chi connectivity index (χ1v) is 17.7. The average molecular weight is 576 g/mol. The van der Waals surface area contributed by atoms with E-state index in [2.05, 4.69) is 43.5 Å². The van der Waals surface area contributed by atoms with Gasteiger partial charge in [0.25, 0.3) is 0 Å². The van der Waals surface area contributed by atoms with E-state index in [-0.39, 0.29) is 12.5 Å². The number of hydrogen-bond donors (Lipinski definition) is 3. The standard InChI is InChI=1S/C37H69NO3/c1-3-5-7-9-11-13-14-15-16-17-18-19-20-21-22-23-24-25-27-29-31-33-37(41)38-35(34-39)36(40)32-30-28-26-12-10-8-6-4-2/h10,12,17-18,30,32,35-36,39-40H,3-9,11,13-16,19-29,31,33-34H2,1-2H3,(H,38,41)/b12-10+,18-17-,32-30+. The Morgan fingerprint density at radius 2 is 0.976 bits per heavy atom. The minimum absolute atomic E-state index is 0.0813. The summed E-state index contributed by atoms with van der Waals surface area (Å²) in [7, 11) is 0. The first-order chi connectivity index (χ1) is 20.2. The summed E-state index contributed by atoms with van der Waals surface area (Å²) in [5, 5.41) is 22.7. The Hall–Kier alpha value is -1.39. The van der Waals surface area contributed by atoms with Crippen molar-refractivity contribution in [1.29, 1.82) is 0 Å². The van der Waals surface area contributed by atoms with Gasteiger partial charge in [-0.15, -0.1) is 0 Å². The lowest BCUT2D eigenvalue weighted by atomic mass is 10.0. The molecule has 0 bridgehead atoms. The van der Waals surface area contributed by atoms with Crippen molar-refractivity contribution in [1.82, 2.24) is 5.32 Å². The smallest absolute Gasteiger partial charge is 0.220 e. The molecule has 0 spiro atoms. The first-order valence-electron chi connectivity index (χ1n) is 17.7. The van der Waals surface area contributed by atoms with Gasteiger partial charge in [-0.3, -0.25) is 4.79 Å². The van der Waals surface area contributed by atoms with Gasteiger partial charge in [0.05, 0.1) is 18.8 Å². The molecule has 0 rings (SSSR count). The number of unbranched alkanes of at least 4 members (excludes halogenated alkanes) is 20. The van der Waals surface area contributed by atoms with Crippen LogP contribution in [0.1, 0.15) is 174 Å². The molecule has 0 heterocycles. The Labute approximate surface area is 255 Å². The zero-order valence-electron chi connectivity index (χ0n) is 27.3. The number of carbonyl (C=O) groups is 1. The fourth-order valence-electron chi connectivity index (χ4n) is 5.05. The van der Waals surface area contributed by atoms with E-state index in [1.54, 1.807) is 6.08 Å². The SMILES string of the molecule is CCCC/C=C/CC/C=C/C(O)C(CO)NC(=O)CCCCCCCCCCC/C=C\CCCCCCCCCC. The summed E-state index contributed by atoms with van der Waals surface area (Å²) in [6.07, 6.45) is 42.4. The highest BCUT2D eigenvalue weighted by molar-refractivity contribution is 5.76. The molecule has 0 aliphatic heterocycles. The van der Waals surface area contributed by atoms with E-state index in [0.717, 1.165) is 32.1 Å². The maximum absolute atomic E-state index is 12.2. The van der Waals surface area contributed by atoms with Gasteiger partial charge in [0.1, 0.15) is 0 Å². The number of allylic oxidation sites excluding steroid dienone is 5. The minimum atomic E-state index is -0.858. The molecule has 0 aromatic carbocycles. The van der Waals surface area contributed by atoms with Gasteiger partial charge in [-0.2, -0.15) is 0 Å². The zero-order chi connectivity index (χ0) is 30.1. The quantitative estimate of drug-likeness (QED) is 0.0569. The molecule has 4 heteroatoms. The maximum Gasteiger partial charge on any atom is 0.220 e. The van der Waals surface area contributed by atoms with Crippen LogP contribution in [-0.4, -0.2) is 34.9 Å².